The van der Waals surface area contributed by atoms with E-state index in [0.29, 0.717) is 0 Å². The Morgan fingerprint density at radius 1 is 0.474 bits per heavy atom. The molecule has 2 aliphatic rings. The largest absolute Gasteiger partial charge is 0.315 e. The van der Waals surface area contributed by atoms with E-state index in [0.717, 1.165) is 33.8 Å². The number of para-hydroxylation sites is 1. The molecule has 0 radical (unpaired) electrons. The van der Waals surface area contributed by atoms with Gasteiger partial charge in [0.15, 0.2) is 0 Å². The van der Waals surface area contributed by atoms with Crippen LogP contribution >= 0.6 is 0 Å². The zero-order chi connectivity index (χ0) is 38.3. The van der Waals surface area contributed by atoms with Gasteiger partial charge in [-0.3, -0.25) is 0 Å². The third-order valence-corrected chi connectivity index (χ3v) is 12.3. The van der Waals surface area contributed by atoms with Gasteiger partial charge >= 0.3 is 0 Å². The van der Waals surface area contributed by atoms with Crippen LogP contribution in [-0.4, -0.2) is 4.57 Å². The average Bonchev–Trinajstić information content (AvgIpc) is 3.69. The molecule has 57 heavy (non-hydrogen) atoms. The van der Waals surface area contributed by atoms with Crippen molar-refractivity contribution in [1.29, 1.82) is 0 Å². The highest BCUT2D eigenvalue weighted by atomic mass is 15.1. The van der Waals surface area contributed by atoms with Crippen molar-refractivity contribution in [3.05, 3.63) is 223 Å². The van der Waals surface area contributed by atoms with E-state index in [-0.39, 0.29) is 5.41 Å². The summed E-state index contributed by atoms with van der Waals surface area (Å²) in [7, 11) is 0. The number of fused-ring (bicyclic) bond motifs is 8. The molecule has 2 nitrogen and oxygen atoms in total. The highest BCUT2D eigenvalue weighted by molar-refractivity contribution is 6.11. The first-order valence-corrected chi connectivity index (χ1v) is 19.8. The molecule has 9 aromatic rings. The number of hydrogen-bond acceptors (Lipinski definition) is 1. The first kappa shape index (κ1) is 33.2. The number of anilines is 2. The summed E-state index contributed by atoms with van der Waals surface area (Å²) in [4.78, 5) is 2.41. The first-order chi connectivity index (χ1) is 27.9. The van der Waals surface area contributed by atoms with E-state index in [1.165, 1.54) is 71.5 Å². The lowest BCUT2D eigenvalue weighted by molar-refractivity contribution is 0.661. The molecule has 0 saturated heterocycles. The fraction of sp³-hybridized carbons (Fsp3) is 0.0545. The Bertz CT molecular complexity index is 3170. The van der Waals surface area contributed by atoms with Gasteiger partial charge in [-0.1, -0.05) is 160 Å². The van der Waals surface area contributed by atoms with Crippen LogP contribution < -0.4 is 4.90 Å². The summed E-state index contributed by atoms with van der Waals surface area (Å²) in [5.41, 5.74) is 17.7. The summed E-state index contributed by atoms with van der Waals surface area (Å²) >= 11 is 0. The van der Waals surface area contributed by atoms with Gasteiger partial charge in [0, 0.05) is 44.6 Å². The third kappa shape index (κ3) is 5.18. The fourth-order valence-electron chi connectivity index (χ4n) is 9.42. The molecular formula is C55H40N2. The summed E-state index contributed by atoms with van der Waals surface area (Å²) < 4.78 is 2.41. The first-order valence-electron chi connectivity index (χ1n) is 19.8. The maximum atomic E-state index is 4.79. The van der Waals surface area contributed by atoms with Crippen LogP contribution in [0.5, 0.6) is 0 Å². The van der Waals surface area contributed by atoms with Gasteiger partial charge in [-0.15, -0.1) is 0 Å². The second-order valence-electron chi connectivity index (χ2n) is 15.9. The maximum absolute atomic E-state index is 4.79. The standard InChI is InChI=1S/C55H40N2/c1-36-31-50-48(44-22-9-11-24-49(44)55(50,2)3)35-56(51-26-14-18-38-17-7-8-21-43(38)51)52-29-27-40(33-46(36)52)41-28-30-54-47(34-41)45-23-10-12-25-53(45)57(54)42-20-13-19-39(32-42)37-15-5-4-6-16-37/h4-35H,1H2,2-3H3/b48-35-,50-31+. The lowest BCUT2D eigenvalue weighted by Crippen LogP contribution is -2.18. The highest BCUT2D eigenvalue weighted by Crippen LogP contribution is 2.53. The number of benzene rings is 8. The molecule has 270 valence electrons. The van der Waals surface area contributed by atoms with Crippen LogP contribution in [0.15, 0.2) is 206 Å². The van der Waals surface area contributed by atoms with Crippen molar-refractivity contribution in [2.45, 2.75) is 19.3 Å². The van der Waals surface area contributed by atoms with E-state index in [2.05, 4.69) is 218 Å². The molecule has 11 rings (SSSR count). The molecule has 2 heterocycles. The van der Waals surface area contributed by atoms with E-state index in [9.17, 15) is 0 Å². The molecular weight excluding hydrogens is 689 g/mol. The molecule has 2 heteroatoms. The monoisotopic (exact) mass is 728 g/mol. The predicted octanol–water partition coefficient (Wildman–Crippen LogP) is 14.7. The third-order valence-electron chi connectivity index (χ3n) is 12.3. The van der Waals surface area contributed by atoms with Crippen molar-refractivity contribution in [2.24, 2.45) is 0 Å². The Morgan fingerprint density at radius 3 is 2.04 bits per heavy atom. The van der Waals surface area contributed by atoms with Crippen molar-refractivity contribution in [3.8, 4) is 27.9 Å². The van der Waals surface area contributed by atoms with Gasteiger partial charge in [0.05, 0.1) is 22.4 Å². The minimum Gasteiger partial charge on any atom is -0.315 e. The number of aromatic nitrogens is 1. The van der Waals surface area contributed by atoms with Crippen LogP contribution in [0, 0.1) is 0 Å². The topological polar surface area (TPSA) is 8.17 Å². The van der Waals surface area contributed by atoms with E-state index in [1.54, 1.807) is 0 Å². The highest BCUT2D eigenvalue weighted by Gasteiger charge is 2.39. The normalized spacial score (nSPS) is 16.3. The van der Waals surface area contributed by atoms with Gasteiger partial charge in [0.2, 0.25) is 0 Å². The summed E-state index contributed by atoms with van der Waals surface area (Å²) in [6.45, 7) is 9.48. The molecule has 1 aromatic heterocycles. The average molecular weight is 729 g/mol. The van der Waals surface area contributed by atoms with E-state index in [4.69, 9.17) is 6.58 Å². The molecule has 0 fully saturated rings. The number of nitrogens with zero attached hydrogens (tertiary/aromatic N) is 2. The number of rotatable bonds is 4. The second kappa shape index (κ2) is 12.7. The van der Waals surface area contributed by atoms with Gasteiger partial charge in [0.1, 0.15) is 0 Å². The van der Waals surface area contributed by atoms with Crippen molar-refractivity contribution in [1.82, 2.24) is 4.57 Å². The van der Waals surface area contributed by atoms with E-state index >= 15 is 0 Å². The van der Waals surface area contributed by atoms with Gasteiger partial charge in [-0.05, 0) is 98.4 Å². The zero-order valence-electron chi connectivity index (χ0n) is 32.1. The Kier molecular flexibility index (Phi) is 7.39. The second-order valence-corrected chi connectivity index (χ2v) is 15.9. The summed E-state index contributed by atoms with van der Waals surface area (Å²) in [6, 6.07) is 66.3. The Morgan fingerprint density at radius 2 is 1.14 bits per heavy atom. The molecule has 0 bridgehead atoms. The van der Waals surface area contributed by atoms with Crippen LogP contribution in [0.25, 0.3) is 71.7 Å². The van der Waals surface area contributed by atoms with Crippen LogP contribution in [0.4, 0.5) is 11.4 Å². The Hall–Kier alpha value is -7.16. The lowest BCUT2D eigenvalue weighted by Gasteiger charge is -2.30. The molecule has 0 saturated carbocycles. The zero-order valence-corrected chi connectivity index (χ0v) is 32.1. The van der Waals surface area contributed by atoms with Crippen molar-refractivity contribution in [3.63, 3.8) is 0 Å². The SMILES string of the molecule is C=C1/C=C2\C(=C/N(c3cccc4ccccc34)c3ccc(-c4ccc5c(c4)c4ccccc4n5-c4cccc(-c5ccccc5)c4)cc31)c1ccccc1C2(C)C. The summed E-state index contributed by atoms with van der Waals surface area (Å²) in [5.74, 6) is 0. The van der Waals surface area contributed by atoms with Gasteiger partial charge < -0.3 is 9.47 Å². The number of allylic oxidation sites excluding steroid dienone is 4. The maximum Gasteiger partial charge on any atom is 0.0541 e. The predicted molar refractivity (Wildman–Crippen MR) is 242 cm³/mol. The van der Waals surface area contributed by atoms with Crippen molar-refractivity contribution >= 4 is 55.1 Å². The molecule has 0 atom stereocenters. The van der Waals surface area contributed by atoms with Crippen molar-refractivity contribution < 1.29 is 0 Å². The van der Waals surface area contributed by atoms with E-state index < -0.39 is 0 Å². The molecule has 0 amide bonds. The van der Waals surface area contributed by atoms with E-state index in [1.807, 2.05) is 0 Å². The fourth-order valence-corrected chi connectivity index (χ4v) is 9.42. The Balaban J connectivity index is 1.09. The quantitative estimate of drug-likeness (QED) is 0.175. The molecule has 1 aliphatic heterocycles. The molecule has 1 aliphatic carbocycles. The lowest BCUT2D eigenvalue weighted by atomic mass is 9.80. The van der Waals surface area contributed by atoms with Crippen LogP contribution in [0.1, 0.15) is 30.5 Å². The molecule has 0 N–H and O–H groups in total. The Labute approximate surface area is 333 Å². The molecule has 0 spiro atoms. The van der Waals surface area contributed by atoms with Crippen molar-refractivity contribution in [2.75, 3.05) is 4.90 Å². The van der Waals surface area contributed by atoms with Crippen LogP contribution in [-0.2, 0) is 5.41 Å². The van der Waals surface area contributed by atoms with Gasteiger partial charge in [-0.25, -0.2) is 0 Å². The minimum absolute atomic E-state index is 0.176. The molecule has 0 unspecified atom stereocenters. The van der Waals surface area contributed by atoms with Crippen LogP contribution in [0.3, 0.4) is 0 Å². The smallest absolute Gasteiger partial charge is 0.0541 e. The van der Waals surface area contributed by atoms with Gasteiger partial charge in [-0.2, -0.15) is 0 Å². The van der Waals surface area contributed by atoms with Gasteiger partial charge in [0.25, 0.3) is 0 Å². The summed E-state index contributed by atoms with van der Waals surface area (Å²) in [6.07, 6.45) is 4.72. The number of hydrogen-bond donors (Lipinski definition) is 0. The minimum atomic E-state index is -0.176. The molecule has 8 aromatic carbocycles. The summed E-state index contributed by atoms with van der Waals surface area (Å²) in [5, 5.41) is 4.90. The van der Waals surface area contributed by atoms with Crippen LogP contribution in [0.2, 0.25) is 0 Å².